The Bertz CT molecular complexity index is 755. The van der Waals surface area contributed by atoms with Gasteiger partial charge in [-0.15, -0.1) is 0 Å². The molecule has 0 unspecified atom stereocenters. The summed E-state index contributed by atoms with van der Waals surface area (Å²) in [5.74, 6) is 3.44. The summed E-state index contributed by atoms with van der Waals surface area (Å²) in [6.45, 7) is 3.62. The second-order valence-corrected chi connectivity index (χ2v) is 6.87. The molecule has 4 rings (SSSR count). The summed E-state index contributed by atoms with van der Waals surface area (Å²) in [5.41, 5.74) is 3.66. The van der Waals surface area contributed by atoms with Crippen LogP contribution in [0, 0.1) is 0 Å². The lowest BCUT2D eigenvalue weighted by Gasteiger charge is -2.30. The Morgan fingerprint density at radius 3 is 2.75 bits per heavy atom. The van der Waals surface area contributed by atoms with Crippen molar-refractivity contribution in [3.05, 3.63) is 46.8 Å². The highest BCUT2D eigenvalue weighted by molar-refractivity contribution is 5.52. The molecule has 1 atom stereocenters. The molecule has 1 aromatic heterocycles. The van der Waals surface area contributed by atoms with Crippen LogP contribution in [0.15, 0.2) is 24.3 Å². The summed E-state index contributed by atoms with van der Waals surface area (Å²) in [6, 6.07) is 8.36. The highest BCUT2D eigenvalue weighted by atomic mass is 16.3. The molecule has 1 fully saturated rings. The lowest BCUT2D eigenvalue weighted by molar-refractivity contribution is 0.199. The van der Waals surface area contributed by atoms with Crippen molar-refractivity contribution in [3.63, 3.8) is 0 Å². The lowest BCUT2D eigenvalue weighted by atomic mass is 9.96. The van der Waals surface area contributed by atoms with Crippen LogP contribution in [0.25, 0.3) is 0 Å². The number of nitrogens with one attached hydrogen (secondary N) is 1. The molecule has 0 saturated heterocycles. The molecule has 0 bridgehead atoms. The second kappa shape index (κ2) is 6.06. The average Bonchev–Trinajstić information content (AvgIpc) is 3.45. The van der Waals surface area contributed by atoms with Crippen LogP contribution in [0.5, 0.6) is 0 Å². The third-order valence-electron chi connectivity index (χ3n) is 4.98. The van der Waals surface area contributed by atoms with Crippen molar-refractivity contribution in [2.75, 3.05) is 23.8 Å². The van der Waals surface area contributed by atoms with E-state index >= 15 is 0 Å². The lowest BCUT2D eigenvalue weighted by Crippen LogP contribution is -2.31. The van der Waals surface area contributed by atoms with Crippen LogP contribution in [0.3, 0.4) is 0 Å². The molecular formula is C19H24N4O. The number of nitrogens with zero attached hydrogens (tertiary/aromatic N) is 3. The molecule has 0 amide bonds. The Kier molecular flexibility index (Phi) is 3.88. The molecule has 2 aromatic rings. The van der Waals surface area contributed by atoms with E-state index in [-0.39, 0.29) is 0 Å². The van der Waals surface area contributed by atoms with E-state index in [0.717, 1.165) is 42.5 Å². The van der Waals surface area contributed by atoms with Crippen molar-refractivity contribution in [3.8, 4) is 0 Å². The number of hydrogen-bond acceptors (Lipinski definition) is 5. The van der Waals surface area contributed by atoms with Crippen LogP contribution in [0.2, 0.25) is 0 Å². The minimum Gasteiger partial charge on any atom is -0.389 e. The number of anilines is 2. The fraction of sp³-hybridized carbons (Fsp3) is 0.474. The van der Waals surface area contributed by atoms with Crippen LogP contribution in [0.4, 0.5) is 11.6 Å². The maximum Gasteiger partial charge on any atom is 0.136 e. The summed E-state index contributed by atoms with van der Waals surface area (Å²) in [6.07, 6.45) is 2.98. The van der Waals surface area contributed by atoms with Crippen molar-refractivity contribution in [2.45, 2.75) is 44.8 Å². The Labute approximate surface area is 142 Å². The van der Waals surface area contributed by atoms with Crippen LogP contribution in [-0.4, -0.2) is 28.7 Å². The molecule has 0 spiro atoms. The molecule has 2 aliphatic rings. The van der Waals surface area contributed by atoms with Gasteiger partial charge in [-0.2, -0.15) is 0 Å². The Balaban J connectivity index is 1.61. The molecule has 1 aliphatic carbocycles. The van der Waals surface area contributed by atoms with Crippen molar-refractivity contribution in [2.24, 2.45) is 0 Å². The summed E-state index contributed by atoms with van der Waals surface area (Å²) < 4.78 is 0. The predicted molar refractivity (Wildman–Crippen MR) is 95.4 cm³/mol. The van der Waals surface area contributed by atoms with Gasteiger partial charge in [-0.05, 0) is 42.9 Å². The monoisotopic (exact) mass is 324 g/mol. The van der Waals surface area contributed by atoms with E-state index in [4.69, 9.17) is 4.98 Å². The highest BCUT2D eigenvalue weighted by Crippen LogP contribution is 2.39. The van der Waals surface area contributed by atoms with E-state index < -0.39 is 6.10 Å². The molecule has 1 aromatic carbocycles. The zero-order valence-electron chi connectivity index (χ0n) is 14.3. The molecule has 1 aliphatic heterocycles. The van der Waals surface area contributed by atoms with E-state index in [0.29, 0.717) is 5.92 Å². The summed E-state index contributed by atoms with van der Waals surface area (Å²) in [5, 5.41) is 12.9. The summed E-state index contributed by atoms with van der Waals surface area (Å²) >= 11 is 0. The molecule has 24 heavy (non-hydrogen) atoms. The number of benzene rings is 1. The number of hydrogen-bond donors (Lipinski definition) is 2. The van der Waals surface area contributed by atoms with Crippen molar-refractivity contribution in [1.29, 1.82) is 0 Å². The molecule has 2 N–H and O–H groups in total. The molecule has 2 heterocycles. The minimum atomic E-state index is -0.408. The van der Waals surface area contributed by atoms with Gasteiger partial charge in [0.25, 0.3) is 0 Å². The molecule has 126 valence electrons. The van der Waals surface area contributed by atoms with Gasteiger partial charge in [0.05, 0.1) is 6.10 Å². The Hall–Kier alpha value is -2.14. The fourth-order valence-corrected chi connectivity index (χ4v) is 3.30. The second-order valence-electron chi connectivity index (χ2n) is 6.87. The zero-order chi connectivity index (χ0) is 16.7. The van der Waals surface area contributed by atoms with Gasteiger partial charge in [-0.25, -0.2) is 9.97 Å². The first-order valence-electron chi connectivity index (χ1n) is 8.75. The van der Waals surface area contributed by atoms with Gasteiger partial charge < -0.3 is 15.3 Å². The highest BCUT2D eigenvalue weighted by Gasteiger charge is 2.28. The quantitative estimate of drug-likeness (QED) is 0.905. The maximum atomic E-state index is 9.77. The topological polar surface area (TPSA) is 61.3 Å². The van der Waals surface area contributed by atoms with E-state index in [2.05, 4.69) is 27.3 Å². The van der Waals surface area contributed by atoms with Crippen molar-refractivity contribution in [1.82, 2.24) is 9.97 Å². The van der Waals surface area contributed by atoms with E-state index in [9.17, 15) is 5.11 Å². The summed E-state index contributed by atoms with van der Waals surface area (Å²) in [7, 11) is 1.91. The SMILES string of the molecule is CNc1cc(N2CCc3cc([C@H](C)O)ccc3C2)nc(C2CC2)n1. The largest absolute Gasteiger partial charge is 0.389 e. The number of aromatic nitrogens is 2. The number of aliphatic hydroxyl groups is 1. The Morgan fingerprint density at radius 2 is 2.04 bits per heavy atom. The molecule has 5 nitrogen and oxygen atoms in total. The van der Waals surface area contributed by atoms with Gasteiger partial charge in [-0.3, -0.25) is 0 Å². The normalized spacial score (nSPS) is 18.2. The first-order valence-corrected chi connectivity index (χ1v) is 8.75. The van der Waals surface area contributed by atoms with Gasteiger partial charge in [0.15, 0.2) is 0 Å². The van der Waals surface area contributed by atoms with Crippen LogP contribution < -0.4 is 10.2 Å². The third kappa shape index (κ3) is 2.96. The van der Waals surface area contributed by atoms with Gasteiger partial charge in [0.1, 0.15) is 17.5 Å². The molecule has 5 heteroatoms. The van der Waals surface area contributed by atoms with Gasteiger partial charge in [-0.1, -0.05) is 18.2 Å². The van der Waals surface area contributed by atoms with Gasteiger partial charge >= 0.3 is 0 Å². The maximum absolute atomic E-state index is 9.77. The number of rotatable bonds is 4. The average molecular weight is 324 g/mol. The van der Waals surface area contributed by atoms with Crippen molar-refractivity contribution < 1.29 is 5.11 Å². The van der Waals surface area contributed by atoms with E-state index in [1.54, 1.807) is 0 Å². The standard InChI is InChI=1S/C19H24N4O/c1-12(24)14-5-6-16-11-23(8-7-15(16)9-14)18-10-17(20-2)21-19(22-18)13-3-4-13/h5-6,9-10,12-13,24H,3-4,7-8,11H2,1-2H3,(H,20,21,22)/t12-/m0/s1. The van der Waals surface area contributed by atoms with Crippen LogP contribution in [0.1, 0.15) is 54.3 Å². The fourth-order valence-electron chi connectivity index (χ4n) is 3.30. The molecular weight excluding hydrogens is 300 g/mol. The first kappa shape index (κ1) is 15.4. The molecule has 1 saturated carbocycles. The zero-order valence-corrected chi connectivity index (χ0v) is 14.3. The summed E-state index contributed by atoms with van der Waals surface area (Å²) in [4.78, 5) is 11.8. The van der Waals surface area contributed by atoms with Crippen molar-refractivity contribution >= 4 is 11.6 Å². The van der Waals surface area contributed by atoms with Crippen LogP contribution >= 0.6 is 0 Å². The number of fused-ring (bicyclic) bond motifs is 1. The minimum absolute atomic E-state index is 0.408. The predicted octanol–water partition coefficient (Wildman–Crippen LogP) is 3.01. The van der Waals surface area contributed by atoms with Gasteiger partial charge in [0.2, 0.25) is 0 Å². The Morgan fingerprint density at radius 1 is 1.21 bits per heavy atom. The van der Waals surface area contributed by atoms with Crippen LogP contribution in [-0.2, 0) is 13.0 Å². The first-order chi connectivity index (χ1) is 11.6. The van der Waals surface area contributed by atoms with Gasteiger partial charge in [0, 0.05) is 32.1 Å². The molecule has 0 radical (unpaired) electrons. The van der Waals surface area contributed by atoms with E-state index in [1.165, 1.54) is 24.0 Å². The number of aliphatic hydroxyl groups excluding tert-OH is 1. The smallest absolute Gasteiger partial charge is 0.136 e. The van der Waals surface area contributed by atoms with E-state index in [1.807, 2.05) is 26.1 Å². The third-order valence-corrected chi connectivity index (χ3v) is 4.98.